The number of piperidine rings is 1. The van der Waals surface area contributed by atoms with Crippen LogP contribution in [0.4, 0.5) is 5.69 Å². The lowest BCUT2D eigenvalue weighted by Crippen LogP contribution is -2.37. The summed E-state index contributed by atoms with van der Waals surface area (Å²) < 4.78 is 0. The van der Waals surface area contributed by atoms with Crippen molar-refractivity contribution in [2.24, 2.45) is 0 Å². The molecule has 1 aromatic rings. The summed E-state index contributed by atoms with van der Waals surface area (Å²) in [7, 11) is 0. The maximum atomic E-state index is 9.23. The molecule has 2 N–H and O–H groups in total. The summed E-state index contributed by atoms with van der Waals surface area (Å²) in [6.45, 7) is 5.32. The van der Waals surface area contributed by atoms with Crippen LogP contribution in [0.2, 0.25) is 0 Å². The molecule has 1 aliphatic rings. The van der Waals surface area contributed by atoms with Gasteiger partial charge < -0.3 is 10.6 Å². The smallest absolute Gasteiger partial charge is 0.102 e. The van der Waals surface area contributed by atoms with Crippen molar-refractivity contribution in [1.82, 2.24) is 5.32 Å². The summed E-state index contributed by atoms with van der Waals surface area (Å²) >= 11 is 0. The number of nitriles is 1. The first-order valence-corrected chi connectivity index (χ1v) is 7.20. The predicted molar refractivity (Wildman–Crippen MR) is 79.2 cm³/mol. The van der Waals surface area contributed by atoms with E-state index >= 15 is 0 Å². The zero-order valence-electron chi connectivity index (χ0n) is 11.9. The van der Waals surface area contributed by atoms with Crippen LogP contribution in [0.3, 0.4) is 0 Å². The second-order valence-corrected chi connectivity index (χ2v) is 5.54. The Morgan fingerprint density at radius 2 is 2.32 bits per heavy atom. The van der Waals surface area contributed by atoms with Gasteiger partial charge in [-0.25, -0.2) is 0 Å². The van der Waals surface area contributed by atoms with Crippen LogP contribution in [0.15, 0.2) is 18.2 Å². The fourth-order valence-corrected chi connectivity index (χ4v) is 2.81. The van der Waals surface area contributed by atoms with Gasteiger partial charge in [-0.05, 0) is 51.3 Å². The Morgan fingerprint density at radius 1 is 1.47 bits per heavy atom. The molecule has 102 valence electrons. The van der Waals surface area contributed by atoms with Gasteiger partial charge in [0.15, 0.2) is 0 Å². The minimum atomic E-state index is 0.379. The van der Waals surface area contributed by atoms with E-state index in [2.05, 4.69) is 23.6 Å². The van der Waals surface area contributed by atoms with Crippen molar-refractivity contribution >= 4 is 5.69 Å². The molecular formula is C16H23N3. The molecule has 0 saturated carbocycles. The van der Waals surface area contributed by atoms with Crippen molar-refractivity contribution in [3.8, 4) is 6.07 Å². The Bertz CT molecular complexity index is 456. The summed E-state index contributed by atoms with van der Waals surface area (Å²) in [4.78, 5) is 0. The SMILES string of the molecule is Cc1cccc(NC(C)CC2CCCCN2)c1C#N. The van der Waals surface area contributed by atoms with Crippen molar-refractivity contribution in [3.63, 3.8) is 0 Å². The van der Waals surface area contributed by atoms with Crippen LogP contribution in [-0.4, -0.2) is 18.6 Å². The quantitative estimate of drug-likeness (QED) is 0.870. The highest BCUT2D eigenvalue weighted by atomic mass is 15.0. The third kappa shape index (κ3) is 3.71. The third-order valence-electron chi connectivity index (χ3n) is 3.84. The van der Waals surface area contributed by atoms with E-state index in [1.807, 2.05) is 25.1 Å². The molecule has 1 fully saturated rings. The zero-order chi connectivity index (χ0) is 13.7. The molecule has 0 aliphatic carbocycles. The average Bonchev–Trinajstić information content (AvgIpc) is 2.40. The number of benzene rings is 1. The maximum Gasteiger partial charge on any atom is 0.102 e. The van der Waals surface area contributed by atoms with Crippen LogP contribution in [0.1, 0.15) is 43.7 Å². The largest absolute Gasteiger partial charge is 0.381 e. The molecule has 1 aromatic carbocycles. The minimum absolute atomic E-state index is 0.379. The first kappa shape index (κ1) is 13.9. The van der Waals surface area contributed by atoms with Gasteiger partial charge in [-0.1, -0.05) is 18.6 Å². The van der Waals surface area contributed by atoms with Gasteiger partial charge in [-0.3, -0.25) is 0 Å². The third-order valence-corrected chi connectivity index (χ3v) is 3.84. The molecule has 0 spiro atoms. The fourth-order valence-electron chi connectivity index (χ4n) is 2.81. The Morgan fingerprint density at radius 3 is 3.00 bits per heavy atom. The molecule has 1 aliphatic heterocycles. The van der Waals surface area contributed by atoms with Crippen molar-refractivity contribution in [2.75, 3.05) is 11.9 Å². The second kappa shape index (κ2) is 6.58. The summed E-state index contributed by atoms with van der Waals surface area (Å²) in [5, 5.41) is 16.3. The fraction of sp³-hybridized carbons (Fsp3) is 0.562. The highest BCUT2D eigenvalue weighted by molar-refractivity contribution is 5.60. The molecule has 0 aromatic heterocycles. The average molecular weight is 257 g/mol. The predicted octanol–water partition coefficient (Wildman–Crippen LogP) is 3.20. The number of nitrogens with one attached hydrogen (secondary N) is 2. The van der Waals surface area contributed by atoms with E-state index in [1.165, 1.54) is 19.3 Å². The Balaban J connectivity index is 1.97. The van der Waals surface area contributed by atoms with Gasteiger partial charge in [0.25, 0.3) is 0 Å². The summed E-state index contributed by atoms with van der Waals surface area (Å²) in [5.74, 6) is 0. The van der Waals surface area contributed by atoms with E-state index in [1.54, 1.807) is 0 Å². The van der Waals surface area contributed by atoms with E-state index in [-0.39, 0.29) is 0 Å². The first-order chi connectivity index (χ1) is 9.20. The molecular weight excluding hydrogens is 234 g/mol. The molecule has 3 heteroatoms. The Hall–Kier alpha value is -1.53. The van der Waals surface area contributed by atoms with Crippen molar-refractivity contribution in [2.45, 2.75) is 51.6 Å². The normalized spacial score (nSPS) is 20.6. The lowest BCUT2D eigenvalue weighted by atomic mass is 9.98. The highest BCUT2D eigenvalue weighted by Gasteiger charge is 2.16. The molecule has 0 radical (unpaired) electrons. The number of hydrogen-bond donors (Lipinski definition) is 2. The molecule has 0 bridgehead atoms. The summed E-state index contributed by atoms with van der Waals surface area (Å²) in [5.41, 5.74) is 2.77. The van der Waals surface area contributed by atoms with Crippen molar-refractivity contribution in [3.05, 3.63) is 29.3 Å². The van der Waals surface area contributed by atoms with Gasteiger partial charge >= 0.3 is 0 Å². The Kier molecular flexibility index (Phi) is 4.81. The standard InChI is InChI=1S/C16H23N3/c1-12-6-5-8-16(15(12)11-17)19-13(2)10-14-7-3-4-9-18-14/h5-6,8,13-14,18-19H,3-4,7,9-10H2,1-2H3. The second-order valence-electron chi connectivity index (χ2n) is 5.54. The van der Waals surface area contributed by atoms with Crippen molar-refractivity contribution in [1.29, 1.82) is 5.26 Å². The number of nitrogens with zero attached hydrogens (tertiary/aromatic N) is 1. The molecule has 2 rings (SSSR count). The van der Waals surface area contributed by atoms with Crippen molar-refractivity contribution < 1.29 is 0 Å². The van der Waals surface area contributed by atoms with Crippen LogP contribution < -0.4 is 10.6 Å². The van der Waals surface area contributed by atoms with E-state index in [0.29, 0.717) is 12.1 Å². The number of hydrogen-bond acceptors (Lipinski definition) is 3. The van der Waals surface area contributed by atoms with Gasteiger partial charge in [-0.15, -0.1) is 0 Å². The molecule has 0 amide bonds. The molecule has 2 unspecified atom stereocenters. The zero-order valence-corrected chi connectivity index (χ0v) is 11.9. The topological polar surface area (TPSA) is 47.8 Å². The maximum absolute atomic E-state index is 9.23. The van der Waals surface area contributed by atoms with Gasteiger partial charge in [0.05, 0.1) is 11.3 Å². The Labute approximate surface area is 116 Å². The van der Waals surface area contributed by atoms with Gasteiger partial charge in [0.2, 0.25) is 0 Å². The molecule has 2 atom stereocenters. The van der Waals surface area contributed by atoms with Crippen LogP contribution in [-0.2, 0) is 0 Å². The van der Waals surface area contributed by atoms with Gasteiger partial charge in [-0.2, -0.15) is 5.26 Å². The summed E-state index contributed by atoms with van der Waals surface area (Å²) in [6, 6.07) is 9.27. The number of aryl methyl sites for hydroxylation is 1. The van der Waals surface area contributed by atoms with Crippen LogP contribution >= 0.6 is 0 Å². The van der Waals surface area contributed by atoms with Gasteiger partial charge in [0, 0.05) is 12.1 Å². The lowest BCUT2D eigenvalue weighted by molar-refractivity contribution is 0.371. The molecule has 19 heavy (non-hydrogen) atoms. The molecule has 1 heterocycles. The monoisotopic (exact) mass is 257 g/mol. The van der Waals surface area contributed by atoms with Gasteiger partial charge in [0.1, 0.15) is 6.07 Å². The van der Waals surface area contributed by atoms with Crippen LogP contribution in [0, 0.1) is 18.3 Å². The van der Waals surface area contributed by atoms with Crippen LogP contribution in [0.25, 0.3) is 0 Å². The highest BCUT2D eigenvalue weighted by Crippen LogP contribution is 2.21. The van der Waals surface area contributed by atoms with E-state index < -0.39 is 0 Å². The van der Waals surface area contributed by atoms with Crippen LogP contribution in [0.5, 0.6) is 0 Å². The van der Waals surface area contributed by atoms with E-state index in [0.717, 1.165) is 29.8 Å². The van der Waals surface area contributed by atoms with E-state index in [9.17, 15) is 5.26 Å². The number of rotatable bonds is 4. The van der Waals surface area contributed by atoms with E-state index in [4.69, 9.17) is 0 Å². The number of anilines is 1. The molecule has 1 saturated heterocycles. The summed E-state index contributed by atoms with van der Waals surface area (Å²) in [6.07, 6.45) is 5.01. The first-order valence-electron chi connectivity index (χ1n) is 7.20. The lowest BCUT2D eigenvalue weighted by Gasteiger charge is -2.27. The molecule has 3 nitrogen and oxygen atoms in total. The minimum Gasteiger partial charge on any atom is -0.381 e.